The average molecular weight is 152 g/mol. The lowest BCUT2D eigenvalue weighted by molar-refractivity contribution is 0.157. The normalized spacial score (nSPS) is 30.5. The van der Waals surface area contributed by atoms with Crippen molar-refractivity contribution in [2.45, 2.75) is 44.9 Å². The minimum atomic E-state index is 0.764. The number of hydrogen-bond acceptors (Lipinski definition) is 0. The molecule has 2 aliphatic rings. The first kappa shape index (κ1) is 7.60. The summed E-state index contributed by atoms with van der Waals surface area (Å²) in [6.45, 7) is 2.31. The molecule has 1 aliphatic carbocycles. The van der Waals surface area contributed by atoms with Crippen LogP contribution in [0.4, 0.5) is 0 Å². The van der Waals surface area contributed by atoms with Crippen molar-refractivity contribution in [2.75, 3.05) is 13.1 Å². The van der Waals surface area contributed by atoms with Crippen molar-refractivity contribution in [3.05, 3.63) is 5.32 Å². The van der Waals surface area contributed by atoms with Crippen molar-refractivity contribution < 1.29 is 0 Å². The molecule has 2 fully saturated rings. The molecule has 0 unspecified atom stereocenters. The van der Waals surface area contributed by atoms with Crippen molar-refractivity contribution in [1.29, 1.82) is 0 Å². The van der Waals surface area contributed by atoms with Crippen molar-refractivity contribution in [3.8, 4) is 0 Å². The summed E-state index contributed by atoms with van der Waals surface area (Å²) >= 11 is 0. The summed E-state index contributed by atoms with van der Waals surface area (Å²) in [5.74, 6) is 0. The van der Waals surface area contributed by atoms with Crippen LogP contribution in [-0.4, -0.2) is 13.1 Å². The van der Waals surface area contributed by atoms with Crippen LogP contribution in [0.25, 0.3) is 5.32 Å². The van der Waals surface area contributed by atoms with E-state index in [9.17, 15) is 0 Å². The topological polar surface area (TPSA) is 14.1 Å². The Bertz CT molecular complexity index is 99.3. The largest absolute Gasteiger partial charge is 0.662 e. The second kappa shape index (κ2) is 3.14. The van der Waals surface area contributed by atoms with Gasteiger partial charge in [0.2, 0.25) is 0 Å². The molecule has 1 saturated heterocycles. The Morgan fingerprint density at radius 2 is 1.36 bits per heavy atom. The molecule has 0 radical (unpaired) electrons. The fraction of sp³-hybridized carbons (Fsp3) is 1.00. The summed E-state index contributed by atoms with van der Waals surface area (Å²) < 4.78 is 0. The van der Waals surface area contributed by atoms with Gasteiger partial charge in [0.15, 0.2) is 0 Å². The highest BCUT2D eigenvalue weighted by atomic mass is 14.9. The third-order valence-electron chi connectivity index (χ3n) is 3.51. The zero-order chi connectivity index (χ0) is 7.57. The highest BCUT2D eigenvalue weighted by Crippen LogP contribution is 2.44. The van der Waals surface area contributed by atoms with Crippen molar-refractivity contribution in [2.24, 2.45) is 5.41 Å². The summed E-state index contributed by atoms with van der Waals surface area (Å²) in [4.78, 5) is 0. The molecule has 0 aromatic rings. The molecule has 2 rings (SSSR count). The first-order chi connectivity index (χ1) is 5.41. The quantitative estimate of drug-likeness (QED) is 0.506. The molecule has 0 amide bonds. The van der Waals surface area contributed by atoms with Crippen molar-refractivity contribution in [1.82, 2.24) is 0 Å². The van der Waals surface area contributed by atoms with E-state index in [2.05, 4.69) is 5.32 Å². The third kappa shape index (κ3) is 1.58. The maximum absolute atomic E-state index is 4.43. The Morgan fingerprint density at radius 1 is 0.727 bits per heavy atom. The van der Waals surface area contributed by atoms with Gasteiger partial charge >= 0.3 is 0 Å². The number of piperidine rings is 1. The molecule has 1 heterocycles. The first-order valence-corrected chi connectivity index (χ1v) is 5.05. The predicted molar refractivity (Wildman–Crippen MR) is 47.8 cm³/mol. The van der Waals surface area contributed by atoms with E-state index in [-0.39, 0.29) is 0 Å². The van der Waals surface area contributed by atoms with E-state index in [1.165, 1.54) is 44.9 Å². The van der Waals surface area contributed by atoms with Crippen LogP contribution in [0.3, 0.4) is 0 Å². The molecule has 1 aliphatic heterocycles. The molecule has 1 heteroatoms. The summed E-state index contributed by atoms with van der Waals surface area (Å²) in [6, 6.07) is 0. The number of hydrogen-bond donors (Lipinski definition) is 0. The van der Waals surface area contributed by atoms with E-state index in [0.29, 0.717) is 0 Å². The lowest BCUT2D eigenvalue weighted by Gasteiger charge is -2.45. The minimum absolute atomic E-state index is 0.764. The van der Waals surface area contributed by atoms with Crippen LogP contribution in [0.15, 0.2) is 0 Å². The van der Waals surface area contributed by atoms with Crippen LogP contribution in [0.2, 0.25) is 0 Å². The second-order valence-corrected chi connectivity index (χ2v) is 4.23. The van der Waals surface area contributed by atoms with Crippen molar-refractivity contribution in [3.63, 3.8) is 0 Å². The van der Waals surface area contributed by atoms with E-state index in [1.54, 1.807) is 0 Å². The van der Waals surface area contributed by atoms with Crippen LogP contribution in [-0.2, 0) is 0 Å². The zero-order valence-electron chi connectivity index (χ0n) is 7.31. The fourth-order valence-electron chi connectivity index (χ4n) is 2.67. The van der Waals surface area contributed by atoms with E-state index in [1.807, 2.05) is 0 Å². The van der Waals surface area contributed by atoms with Gasteiger partial charge in [0, 0.05) is 0 Å². The maximum Gasteiger partial charge on any atom is -0.0330 e. The molecule has 0 atom stereocenters. The molecule has 1 saturated carbocycles. The van der Waals surface area contributed by atoms with Crippen LogP contribution in [0, 0.1) is 5.41 Å². The highest BCUT2D eigenvalue weighted by molar-refractivity contribution is 4.96. The minimum Gasteiger partial charge on any atom is -0.662 e. The molecule has 11 heavy (non-hydrogen) atoms. The summed E-state index contributed by atoms with van der Waals surface area (Å²) in [5, 5.41) is 4.43. The van der Waals surface area contributed by atoms with Crippen molar-refractivity contribution >= 4 is 0 Å². The molecule has 0 N–H and O–H groups in total. The molecular formula is C10H18N-. The molecule has 1 nitrogen and oxygen atoms in total. The van der Waals surface area contributed by atoms with Gasteiger partial charge in [0.25, 0.3) is 0 Å². The smallest absolute Gasteiger partial charge is 0.0330 e. The standard InChI is InChI=1S/C10H18N/c1-2-4-10(5-3-1)6-8-11-9-7-10/h1-9H2/q-1. The Kier molecular flexibility index (Phi) is 2.17. The predicted octanol–water partition coefficient (Wildman–Crippen LogP) is 3.10. The van der Waals surface area contributed by atoms with Gasteiger partial charge in [-0.3, -0.25) is 0 Å². The molecule has 64 valence electrons. The van der Waals surface area contributed by atoms with Gasteiger partial charge in [-0.1, -0.05) is 32.1 Å². The monoisotopic (exact) mass is 152 g/mol. The average Bonchev–Trinajstić information content (AvgIpc) is 2.07. The lowest BCUT2D eigenvalue weighted by atomic mass is 9.68. The van der Waals surface area contributed by atoms with Gasteiger partial charge in [-0.15, -0.1) is 13.1 Å². The van der Waals surface area contributed by atoms with Crippen LogP contribution < -0.4 is 0 Å². The van der Waals surface area contributed by atoms with E-state index >= 15 is 0 Å². The summed E-state index contributed by atoms with van der Waals surface area (Å²) in [6.07, 6.45) is 10.3. The first-order valence-electron chi connectivity index (χ1n) is 5.05. The van der Waals surface area contributed by atoms with Gasteiger partial charge in [0.1, 0.15) is 0 Å². The highest BCUT2D eigenvalue weighted by Gasteiger charge is 2.29. The van der Waals surface area contributed by atoms with E-state index < -0.39 is 0 Å². The zero-order valence-corrected chi connectivity index (χ0v) is 7.31. The second-order valence-electron chi connectivity index (χ2n) is 4.23. The fourth-order valence-corrected chi connectivity index (χ4v) is 2.67. The number of nitrogens with zero attached hydrogens (tertiary/aromatic N) is 1. The SMILES string of the molecule is C1CCC2(CC1)CC[N-]CC2. The lowest BCUT2D eigenvalue weighted by Crippen LogP contribution is -2.29. The number of rotatable bonds is 0. The molecule has 0 aromatic carbocycles. The molecule has 0 bridgehead atoms. The molecule has 0 aromatic heterocycles. The van der Waals surface area contributed by atoms with Crippen LogP contribution in [0.1, 0.15) is 44.9 Å². The molecular weight excluding hydrogens is 134 g/mol. The van der Waals surface area contributed by atoms with Gasteiger partial charge < -0.3 is 5.32 Å². The van der Waals surface area contributed by atoms with Gasteiger partial charge in [-0.2, -0.15) is 0 Å². The van der Waals surface area contributed by atoms with Gasteiger partial charge in [0.05, 0.1) is 0 Å². The summed E-state index contributed by atoms with van der Waals surface area (Å²) in [5.41, 5.74) is 0.764. The van der Waals surface area contributed by atoms with E-state index in [4.69, 9.17) is 0 Å². The third-order valence-corrected chi connectivity index (χ3v) is 3.51. The van der Waals surface area contributed by atoms with Gasteiger partial charge in [-0.05, 0) is 18.3 Å². The Morgan fingerprint density at radius 3 is 2.00 bits per heavy atom. The van der Waals surface area contributed by atoms with E-state index in [0.717, 1.165) is 18.5 Å². The maximum atomic E-state index is 4.43. The summed E-state index contributed by atoms with van der Waals surface area (Å²) in [7, 11) is 0. The van der Waals surface area contributed by atoms with Crippen LogP contribution in [0.5, 0.6) is 0 Å². The van der Waals surface area contributed by atoms with Gasteiger partial charge in [-0.25, -0.2) is 0 Å². The Balaban J connectivity index is 1.94. The Labute approximate surface area is 69.6 Å². The molecule has 1 spiro atoms. The Hall–Kier alpha value is -0.0400. The van der Waals surface area contributed by atoms with Crippen LogP contribution >= 0.6 is 0 Å².